The summed E-state index contributed by atoms with van der Waals surface area (Å²) in [7, 11) is 0. The van der Waals surface area contributed by atoms with Crippen LogP contribution in [-0.4, -0.2) is 6.30 Å². The fourth-order valence-electron chi connectivity index (χ4n) is 7.63. The van der Waals surface area contributed by atoms with E-state index in [1.165, 1.54) is 75.2 Å². The molecule has 10 rings (SSSR count). The molecule has 0 atom stereocenters. The second kappa shape index (κ2) is 8.26. The summed E-state index contributed by atoms with van der Waals surface area (Å²) in [6, 6.07) is 51.2. The standard InChI is InChI=1S/C41H25OP/c1-43(37-24-31-6-2-3-11-34(31)42-37,35-22-18-29-14-12-25-7-4-9-27-16-20-32(35)40(29)38(25)27)36-23-19-30-15-13-26-8-5-10-28-17-21-33(36)41(30)39(26)28/h2-24H,1H2. The lowest BCUT2D eigenvalue weighted by Gasteiger charge is -2.28. The Balaban J connectivity index is 1.39. The molecule has 2 heteroatoms. The third-order valence-corrected chi connectivity index (χ3v) is 13.0. The van der Waals surface area contributed by atoms with E-state index in [4.69, 9.17) is 10.7 Å². The first-order chi connectivity index (χ1) is 21.2. The molecule has 0 aliphatic rings. The number of hydrogen-bond acceptors (Lipinski definition) is 1. The summed E-state index contributed by atoms with van der Waals surface area (Å²) in [5, 5.41) is 19.0. The van der Waals surface area contributed by atoms with E-state index < -0.39 is 6.89 Å². The highest BCUT2D eigenvalue weighted by Crippen LogP contribution is 2.49. The van der Waals surface area contributed by atoms with Crippen LogP contribution in [0.25, 0.3) is 75.6 Å². The van der Waals surface area contributed by atoms with Crippen LogP contribution in [0.2, 0.25) is 0 Å². The number of hydrogen-bond donors (Lipinski definition) is 0. The lowest BCUT2D eigenvalue weighted by atomic mass is 9.94. The number of para-hydroxylation sites is 1. The van der Waals surface area contributed by atoms with Crippen molar-refractivity contribution in [3.05, 3.63) is 140 Å². The van der Waals surface area contributed by atoms with Gasteiger partial charge in [-0.2, -0.15) is 0 Å². The molecule has 0 amide bonds. The van der Waals surface area contributed by atoms with Crippen molar-refractivity contribution >= 4 is 105 Å². The molecule has 0 radical (unpaired) electrons. The van der Waals surface area contributed by atoms with Gasteiger partial charge in [-0.25, -0.2) is 0 Å². The van der Waals surface area contributed by atoms with E-state index in [2.05, 4.69) is 133 Å². The van der Waals surface area contributed by atoms with E-state index in [0.717, 1.165) is 16.5 Å². The molecule has 9 aromatic carbocycles. The Bertz CT molecular complexity index is 2550. The lowest BCUT2D eigenvalue weighted by molar-refractivity contribution is 0.654. The second-order valence-corrected chi connectivity index (χ2v) is 14.8. The van der Waals surface area contributed by atoms with Crippen molar-refractivity contribution in [1.82, 2.24) is 0 Å². The first-order valence-corrected chi connectivity index (χ1v) is 16.7. The highest BCUT2D eigenvalue weighted by Gasteiger charge is 2.31. The molecule has 200 valence electrons. The molecular formula is C41H25OP. The number of rotatable bonds is 3. The first kappa shape index (κ1) is 23.5. The molecule has 10 aromatic rings. The molecular weight excluding hydrogens is 539 g/mol. The van der Waals surface area contributed by atoms with Gasteiger partial charge < -0.3 is 4.42 Å². The topological polar surface area (TPSA) is 13.1 Å². The lowest BCUT2D eigenvalue weighted by Crippen LogP contribution is -2.26. The van der Waals surface area contributed by atoms with Crippen LogP contribution >= 0.6 is 6.89 Å². The summed E-state index contributed by atoms with van der Waals surface area (Å²) in [4.78, 5) is 0. The van der Waals surface area contributed by atoms with Gasteiger partial charge in [0.25, 0.3) is 0 Å². The molecule has 0 spiro atoms. The Labute approximate surface area is 248 Å². The van der Waals surface area contributed by atoms with Gasteiger partial charge in [0.15, 0.2) is 0 Å². The normalized spacial score (nSPS) is 12.7. The minimum atomic E-state index is -2.53. The van der Waals surface area contributed by atoms with Gasteiger partial charge in [-0.1, -0.05) is 134 Å². The molecule has 0 aliphatic carbocycles. The molecule has 0 aliphatic heterocycles. The Morgan fingerprint density at radius 2 is 0.814 bits per heavy atom. The van der Waals surface area contributed by atoms with Gasteiger partial charge in [-0.05, 0) is 87.4 Å². The fourth-order valence-corrected chi connectivity index (χ4v) is 10.8. The molecule has 0 fully saturated rings. The van der Waals surface area contributed by atoms with Crippen LogP contribution in [0, 0.1) is 0 Å². The predicted molar refractivity (Wildman–Crippen MR) is 189 cm³/mol. The van der Waals surface area contributed by atoms with Gasteiger partial charge in [0.05, 0.1) is 0 Å². The molecule has 0 bridgehead atoms. The maximum Gasteiger partial charge on any atom is 0.134 e. The first-order valence-electron chi connectivity index (χ1n) is 14.8. The van der Waals surface area contributed by atoms with Crippen molar-refractivity contribution in [3.8, 4) is 0 Å². The van der Waals surface area contributed by atoms with Crippen molar-refractivity contribution < 1.29 is 4.42 Å². The summed E-state index contributed by atoms with van der Waals surface area (Å²) >= 11 is 0. The average Bonchev–Trinajstić information content (AvgIpc) is 3.51. The van der Waals surface area contributed by atoms with Gasteiger partial charge in [0.2, 0.25) is 0 Å². The number of benzene rings is 9. The summed E-state index contributed by atoms with van der Waals surface area (Å²) in [5.41, 5.74) is 1.86. The van der Waals surface area contributed by atoms with E-state index in [1.54, 1.807) is 0 Å². The number of fused-ring (bicyclic) bond motifs is 1. The van der Waals surface area contributed by atoms with Crippen LogP contribution in [-0.2, 0) is 0 Å². The minimum Gasteiger partial charge on any atom is -0.456 e. The quantitative estimate of drug-likeness (QED) is 0.154. The zero-order valence-corrected chi connectivity index (χ0v) is 24.2. The molecule has 1 heterocycles. The van der Waals surface area contributed by atoms with Crippen LogP contribution in [0.3, 0.4) is 0 Å². The van der Waals surface area contributed by atoms with Crippen molar-refractivity contribution in [1.29, 1.82) is 0 Å². The zero-order valence-electron chi connectivity index (χ0n) is 23.3. The van der Waals surface area contributed by atoms with Gasteiger partial charge in [-0.15, -0.1) is 0 Å². The molecule has 1 nitrogen and oxygen atoms in total. The van der Waals surface area contributed by atoms with Crippen molar-refractivity contribution in [3.63, 3.8) is 0 Å². The van der Waals surface area contributed by atoms with Crippen molar-refractivity contribution in [2.75, 3.05) is 0 Å². The molecule has 1 aromatic heterocycles. The van der Waals surface area contributed by atoms with E-state index in [-0.39, 0.29) is 0 Å². The number of furan rings is 1. The SMILES string of the molecule is C=P(c1cc2ccccc2o1)(c1ccc2ccc3cccc4ccc1c2c34)c1ccc2ccc3cccc4ccc1c2c34. The zero-order chi connectivity index (χ0) is 28.3. The van der Waals surface area contributed by atoms with Crippen LogP contribution in [0.1, 0.15) is 0 Å². The van der Waals surface area contributed by atoms with Crippen LogP contribution in [0.5, 0.6) is 0 Å². The van der Waals surface area contributed by atoms with E-state index >= 15 is 0 Å². The Morgan fingerprint density at radius 3 is 1.33 bits per heavy atom. The minimum absolute atomic E-state index is 0.904. The Kier molecular flexibility index (Phi) is 4.50. The fraction of sp³-hybridized carbons (Fsp3) is 0. The summed E-state index contributed by atoms with van der Waals surface area (Å²) in [6.45, 7) is -2.53. The van der Waals surface area contributed by atoms with E-state index in [9.17, 15) is 0 Å². The van der Waals surface area contributed by atoms with Crippen LogP contribution in [0.4, 0.5) is 0 Å². The monoisotopic (exact) mass is 564 g/mol. The molecule has 0 unspecified atom stereocenters. The van der Waals surface area contributed by atoms with E-state index in [1.807, 2.05) is 6.07 Å². The molecule has 0 N–H and O–H groups in total. The van der Waals surface area contributed by atoms with Gasteiger partial charge in [0, 0.05) is 12.3 Å². The highest BCUT2D eigenvalue weighted by molar-refractivity contribution is 7.93. The second-order valence-electron chi connectivity index (χ2n) is 11.8. The van der Waals surface area contributed by atoms with Crippen LogP contribution < -0.4 is 16.1 Å². The van der Waals surface area contributed by atoms with Crippen molar-refractivity contribution in [2.45, 2.75) is 0 Å². The maximum atomic E-state index is 6.81. The smallest absolute Gasteiger partial charge is 0.134 e. The Hall–Kier alpha value is -5.10. The maximum absolute atomic E-state index is 6.81. The third kappa shape index (κ3) is 3.02. The van der Waals surface area contributed by atoms with Gasteiger partial charge in [0.1, 0.15) is 11.1 Å². The van der Waals surface area contributed by atoms with Crippen LogP contribution in [0.15, 0.2) is 144 Å². The predicted octanol–water partition coefficient (Wildman–Crippen LogP) is 9.95. The Morgan fingerprint density at radius 1 is 0.395 bits per heavy atom. The summed E-state index contributed by atoms with van der Waals surface area (Å²) in [6.07, 6.45) is 5.26. The van der Waals surface area contributed by atoms with Crippen molar-refractivity contribution in [2.24, 2.45) is 0 Å². The largest absolute Gasteiger partial charge is 0.456 e. The molecule has 43 heavy (non-hydrogen) atoms. The highest BCUT2D eigenvalue weighted by atomic mass is 31.2. The van der Waals surface area contributed by atoms with E-state index in [0.29, 0.717) is 0 Å². The summed E-state index contributed by atoms with van der Waals surface area (Å²) < 4.78 is 6.81. The molecule has 0 saturated heterocycles. The third-order valence-electron chi connectivity index (χ3n) is 9.62. The van der Waals surface area contributed by atoms with Gasteiger partial charge >= 0.3 is 0 Å². The van der Waals surface area contributed by atoms with Gasteiger partial charge in [-0.3, -0.25) is 0 Å². The average molecular weight is 565 g/mol. The summed E-state index contributed by atoms with van der Waals surface area (Å²) in [5.74, 6) is 0. The molecule has 0 saturated carbocycles.